The maximum atomic E-state index is 10.9. The fraction of sp³-hybridized carbons (Fsp3) is 0.500. The molecule has 0 bridgehead atoms. The molecular weight excluding hydrogens is 158 g/mol. The average Bonchev–Trinajstić information content (AvgIpc) is 1.84. The van der Waals surface area contributed by atoms with Crippen LogP contribution in [0.3, 0.4) is 0 Å². The minimum absolute atomic E-state index is 0.0527. The second kappa shape index (κ2) is 5.35. The third-order valence-electron chi connectivity index (χ3n) is 1.22. The Kier molecular flexibility index (Phi) is 4.76. The molecule has 0 radical (unpaired) electrons. The van der Waals surface area contributed by atoms with Crippen molar-refractivity contribution in [2.45, 2.75) is 25.8 Å². The molecule has 0 spiro atoms. The molecule has 0 aliphatic heterocycles. The molecule has 0 aromatic heterocycles. The first-order valence-electron chi connectivity index (χ1n) is 3.68. The number of carboxylic acids is 1. The average molecular weight is 171 g/mol. The molecule has 68 valence electrons. The van der Waals surface area contributed by atoms with Crippen LogP contribution in [0.25, 0.3) is 0 Å². The van der Waals surface area contributed by atoms with E-state index in [4.69, 9.17) is 5.11 Å². The summed E-state index contributed by atoms with van der Waals surface area (Å²) in [5.41, 5.74) is 0. The van der Waals surface area contributed by atoms with Crippen molar-refractivity contribution in [3.63, 3.8) is 0 Å². The van der Waals surface area contributed by atoms with Crippen LogP contribution in [0, 0.1) is 0 Å². The molecule has 2 N–H and O–H groups in total. The molecule has 12 heavy (non-hydrogen) atoms. The van der Waals surface area contributed by atoms with Crippen molar-refractivity contribution < 1.29 is 14.7 Å². The van der Waals surface area contributed by atoms with Gasteiger partial charge in [0.15, 0.2) is 0 Å². The molecule has 0 rings (SSSR count). The summed E-state index contributed by atoms with van der Waals surface area (Å²) in [5.74, 6) is -1.11. The number of carboxylic acid groups (broad SMARTS) is 1. The van der Waals surface area contributed by atoms with Crippen LogP contribution >= 0.6 is 0 Å². The topological polar surface area (TPSA) is 66.4 Å². The Balaban J connectivity index is 3.67. The predicted molar refractivity (Wildman–Crippen MR) is 44.7 cm³/mol. The van der Waals surface area contributed by atoms with Crippen LogP contribution in [0.2, 0.25) is 0 Å². The smallest absolute Gasteiger partial charge is 0.305 e. The van der Waals surface area contributed by atoms with Crippen molar-refractivity contribution in [3.05, 3.63) is 12.7 Å². The van der Waals surface area contributed by atoms with Gasteiger partial charge >= 0.3 is 5.97 Å². The van der Waals surface area contributed by atoms with Crippen LogP contribution in [0.15, 0.2) is 12.7 Å². The Morgan fingerprint density at radius 2 is 2.25 bits per heavy atom. The zero-order valence-electron chi connectivity index (χ0n) is 7.04. The Morgan fingerprint density at radius 1 is 1.67 bits per heavy atom. The number of hydrogen-bond donors (Lipinski definition) is 2. The van der Waals surface area contributed by atoms with E-state index in [0.29, 0.717) is 0 Å². The Morgan fingerprint density at radius 3 is 2.67 bits per heavy atom. The van der Waals surface area contributed by atoms with Crippen LogP contribution in [0.4, 0.5) is 0 Å². The Hall–Kier alpha value is -1.32. The van der Waals surface area contributed by atoms with Gasteiger partial charge in [-0.3, -0.25) is 9.59 Å². The molecule has 4 heteroatoms. The van der Waals surface area contributed by atoms with Crippen LogP contribution in [-0.4, -0.2) is 23.0 Å². The summed E-state index contributed by atoms with van der Waals surface area (Å²) in [6, 6.07) is -0.324. The van der Waals surface area contributed by atoms with E-state index < -0.39 is 5.97 Å². The third kappa shape index (κ3) is 5.46. The number of nitrogens with one attached hydrogen (secondary N) is 1. The molecule has 4 nitrogen and oxygen atoms in total. The molecule has 0 saturated heterocycles. The highest BCUT2D eigenvalue weighted by Crippen LogP contribution is 1.91. The van der Waals surface area contributed by atoms with E-state index in [1.165, 1.54) is 6.08 Å². The van der Waals surface area contributed by atoms with E-state index in [0.717, 1.165) is 0 Å². The SMILES string of the molecule is C=CCC(=O)NC(C)CC(=O)O. The van der Waals surface area contributed by atoms with Crippen molar-refractivity contribution in [1.29, 1.82) is 0 Å². The lowest BCUT2D eigenvalue weighted by Crippen LogP contribution is -2.33. The highest BCUT2D eigenvalue weighted by atomic mass is 16.4. The minimum atomic E-state index is -0.915. The number of amides is 1. The van der Waals surface area contributed by atoms with Crippen LogP contribution in [0.5, 0.6) is 0 Å². The van der Waals surface area contributed by atoms with E-state index in [1.54, 1.807) is 6.92 Å². The van der Waals surface area contributed by atoms with Gasteiger partial charge in [0.25, 0.3) is 0 Å². The first kappa shape index (κ1) is 10.7. The monoisotopic (exact) mass is 171 g/mol. The van der Waals surface area contributed by atoms with Crippen molar-refractivity contribution in [2.24, 2.45) is 0 Å². The molecule has 0 aliphatic carbocycles. The maximum absolute atomic E-state index is 10.9. The molecule has 0 aromatic carbocycles. The lowest BCUT2D eigenvalue weighted by molar-refractivity contribution is -0.137. The van der Waals surface area contributed by atoms with Gasteiger partial charge in [-0.15, -0.1) is 6.58 Å². The summed E-state index contributed by atoms with van der Waals surface area (Å²) in [6.45, 7) is 5.04. The zero-order chi connectivity index (χ0) is 9.56. The van der Waals surface area contributed by atoms with E-state index in [2.05, 4.69) is 11.9 Å². The van der Waals surface area contributed by atoms with Crippen molar-refractivity contribution in [3.8, 4) is 0 Å². The maximum Gasteiger partial charge on any atom is 0.305 e. The van der Waals surface area contributed by atoms with Crippen LogP contribution < -0.4 is 5.32 Å². The highest BCUT2D eigenvalue weighted by Gasteiger charge is 2.08. The van der Waals surface area contributed by atoms with Gasteiger partial charge in [-0.1, -0.05) is 6.08 Å². The fourth-order valence-corrected chi connectivity index (χ4v) is 0.778. The lowest BCUT2D eigenvalue weighted by atomic mass is 10.2. The van der Waals surface area contributed by atoms with E-state index in [9.17, 15) is 9.59 Å². The molecule has 0 fully saturated rings. The molecule has 1 unspecified atom stereocenters. The van der Waals surface area contributed by atoms with Gasteiger partial charge < -0.3 is 10.4 Å². The summed E-state index contributed by atoms with van der Waals surface area (Å²) in [6.07, 6.45) is 1.65. The van der Waals surface area contributed by atoms with Crippen molar-refractivity contribution in [1.82, 2.24) is 5.32 Å². The van der Waals surface area contributed by atoms with Gasteiger partial charge in [0.1, 0.15) is 0 Å². The minimum Gasteiger partial charge on any atom is -0.481 e. The Labute approximate surface area is 71.3 Å². The summed E-state index contributed by atoms with van der Waals surface area (Å²) >= 11 is 0. The molecule has 0 heterocycles. The summed E-state index contributed by atoms with van der Waals surface area (Å²) in [7, 11) is 0. The molecule has 0 aliphatic rings. The number of carbonyl (C=O) groups is 2. The quantitative estimate of drug-likeness (QED) is 0.593. The number of hydrogen-bond acceptors (Lipinski definition) is 2. The molecule has 1 atom stereocenters. The van der Waals surface area contributed by atoms with E-state index in [1.807, 2.05) is 0 Å². The lowest BCUT2D eigenvalue weighted by Gasteiger charge is -2.09. The fourth-order valence-electron chi connectivity index (χ4n) is 0.778. The highest BCUT2D eigenvalue weighted by molar-refractivity contribution is 5.78. The second-order valence-corrected chi connectivity index (χ2v) is 2.56. The van der Waals surface area contributed by atoms with E-state index in [-0.39, 0.29) is 24.8 Å². The predicted octanol–water partition coefficient (Wildman–Crippen LogP) is 0.542. The molecule has 0 saturated carbocycles. The van der Waals surface area contributed by atoms with E-state index >= 15 is 0 Å². The molecular formula is C8H13NO3. The van der Waals surface area contributed by atoms with Crippen LogP contribution in [-0.2, 0) is 9.59 Å². The van der Waals surface area contributed by atoms with Crippen molar-refractivity contribution >= 4 is 11.9 Å². The van der Waals surface area contributed by atoms with Gasteiger partial charge in [-0.05, 0) is 6.92 Å². The standard InChI is InChI=1S/C8H13NO3/c1-3-4-7(10)9-6(2)5-8(11)12/h3,6H,1,4-5H2,2H3,(H,9,10)(H,11,12). The van der Waals surface area contributed by atoms with Gasteiger partial charge in [0, 0.05) is 12.5 Å². The van der Waals surface area contributed by atoms with Gasteiger partial charge in [0.05, 0.1) is 6.42 Å². The third-order valence-corrected chi connectivity index (χ3v) is 1.22. The first-order chi connectivity index (χ1) is 5.56. The Bertz CT molecular complexity index is 189. The van der Waals surface area contributed by atoms with Crippen molar-refractivity contribution in [2.75, 3.05) is 0 Å². The van der Waals surface area contributed by atoms with Gasteiger partial charge in [0.2, 0.25) is 5.91 Å². The summed E-state index contributed by atoms with van der Waals surface area (Å²) in [5, 5.41) is 10.9. The largest absolute Gasteiger partial charge is 0.481 e. The first-order valence-corrected chi connectivity index (χ1v) is 3.68. The molecule has 1 amide bonds. The second-order valence-electron chi connectivity index (χ2n) is 2.56. The molecule has 0 aromatic rings. The number of aliphatic carboxylic acids is 1. The summed E-state index contributed by atoms with van der Waals surface area (Å²) < 4.78 is 0. The zero-order valence-corrected chi connectivity index (χ0v) is 7.04. The number of rotatable bonds is 5. The normalized spacial score (nSPS) is 11.8. The van der Waals surface area contributed by atoms with Gasteiger partial charge in [-0.2, -0.15) is 0 Å². The number of carbonyl (C=O) groups excluding carboxylic acids is 1. The van der Waals surface area contributed by atoms with Gasteiger partial charge in [-0.25, -0.2) is 0 Å². The van der Waals surface area contributed by atoms with Crippen LogP contribution in [0.1, 0.15) is 19.8 Å². The summed E-state index contributed by atoms with van der Waals surface area (Å²) in [4.78, 5) is 21.0.